The lowest BCUT2D eigenvalue weighted by Gasteiger charge is -2.08. The van der Waals surface area contributed by atoms with E-state index in [0.717, 1.165) is 24.3 Å². The lowest BCUT2D eigenvalue weighted by molar-refractivity contribution is 0.187. The largest absolute Gasteiger partial charge is 0.453 e. The zero-order valence-corrected chi connectivity index (χ0v) is 11.7. The smallest absolute Gasteiger partial charge is 0.411 e. The molecule has 2 N–H and O–H groups in total. The molecule has 0 aliphatic rings. The van der Waals surface area contributed by atoms with Crippen LogP contribution in [0.15, 0.2) is 24.3 Å². The molecule has 0 atom stereocenters. The molecule has 1 amide bonds. The molecule has 18 heavy (non-hydrogen) atoms. The molecule has 5 heteroatoms. The second kappa shape index (κ2) is 8.69. The van der Waals surface area contributed by atoms with E-state index >= 15 is 0 Å². The van der Waals surface area contributed by atoms with Crippen molar-refractivity contribution in [2.75, 3.05) is 35.8 Å². The van der Waals surface area contributed by atoms with Gasteiger partial charge in [0.25, 0.3) is 0 Å². The lowest BCUT2D eigenvalue weighted by Crippen LogP contribution is -2.11. The Balaban J connectivity index is 2.37. The average Bonchev–Trinajstić information content (AvgIpc) is 2.39. The molecule has 100 valence electrons. The van der Waals surface area contributed by atoms with E-state index in [1.54, 1.807) is 0 Å². The van der Waals surface area contributed by atoms with Crippen LogP contribution in [0.5, 0.6) is 0 Å². The third-order valence-corrected chi connectivity index (χ3v) is 3.28. The standard InChI is InChI=1S/C13H20N2O2S/c1-3-18-9-5-8-14-11-6-4-7-12(10-11)15-13(16)17-2/h4,6-7,10,14H,3,5,8-9H2,1-2H3,(H,15,16). The van der Waals surface area contributed by atoms with Gasteiger partial charge in [0.05, 0.1) is 7.11 Å². The van der Waals surface area contributed by atoms with Gasteiger partial charge in [-0.1, -0.05) is 13.0 Å². The molecule has 0 aromatic heterocycles. The summed E-state index contributed by atoms with van der Waals surface area (Å²) in [6, 6.07) is 7.60. The van der Waals surface area contributed by atoms with Crippen molar-refractivity contribution in [3.8, 4) is 0 Å². The first kappa shape index (κ1) is 14.7. The van der Waals surface area contributed by atoms with Gasteiger partial charge in [-0.05, 0) is 36.1 Å². The first-order chi connectivity index (χ1) is 8.76. The number of anilines is 2. The molecular weight excluding hydrogens is 248 g/mol. The summed E-state index contributed by atoms with van der Waals surface area (Å²) in [6.45, 7) is 3.11. The summed E-state index contributed by atoms with van der Waals surface area (Å²) >= 11 is 1.94. The Morgan fingerprint density at radius 3 is 2.89 bits per heavy atom. The number of nitrogens with one attached hydrogen (secondary N) is 2. The van der Waals surface area contributed by atoms with Gasteiger partial charge in [0, 0.05) is 17.9 Å². The Morgan fingerprint density at radius 1 is 1.39 bits per heavy atom. The Kier molecular flexibility index (Phi) is 7.10. The average molecular weight is 268 g/mol. The van der Waals surface area contributed by atoms with Crippen LogP contribution in [0.2, 0.25) is 0 Å². The van der Waals surface area contributed by atoms with Crippen molar-refractivity contribution in [2.45, 2.75) is 13.3 Å². The molecule has 0 unspecified atom stereocenters. The number of thioether (sulfide) groups is 1. The first-order valence-electron chi connectivity index (χ1n) is 6.03. The van der Waals surface area contributed by atoms with E-state index in [-0.39, 0.29) is 0 Å². The van der Waals surface area contributed by atoms with Gasteiger partial charge in [0.2, 0.25) is 0 Å². The molecular formula is C13H20N2O2S. The van der Waals surface area contributed by atoms with Crippen LogP contribution in [0, 0.1) is 0 Å². The molecule has 0 spiro atoms. The van der Waals surface area contributed by atoms with E-state index in [4.69, 9.17) is 0 Å². The lowest BCUT2D eigenvalue weighted by atomic mass is 10.2. The number of benzene rings is 1. The summed E-state index contributed by atoms with van der Waals surface area (Å²) < 4.78 is 4.55. The maximum absolute atomic E-state index is 11.1. The molecule has 0 heterocycles. The Hall–Kier alpha value is -1.36. The van der Waals surface area contributed by atoms with Crippen LogP contribution in [-0.2, 0) is 4.74 Å². The summed E-state index contributed by atoms with van der Waals surface area (Å²) in [6.07, 6.45) is 0.680. The molecule has 0 fully saturated rings. The van der Waals surface area contributed by atoms with E-state index in [1.165, 1.54) is 18.6 Å². The van der Waals surface area contributed by atoms with Crippen molar-refractivity contribution in [1.82, 2.24) is 0 Å². The maximum Gasteiger partial charge on any atom is 0.411 e. The van der Waals surface area contributed by atoms with Crippen LogP contribution < -0.4 is 10.6 Å². The molecule has 0 saturated heterocycles. The van der Waals surface area contributed by atoms with Crippen molar-refractivity contribution in [3.63, 3.8) is 0 Å². The molecule has 0 saturated carbocycles. The summed E-state index contributed by atoms with van der Waals surface area (Å²) in [7, 11) is 1.35. The van der Waals surface area contributed by atoms with Gasteiger partial charge >= 0.3 is 6.09 Å². The number of carbonyl (C=O) groups excluding carboxylic acids is 1. The molecule has 1 aromatic carbocycles. The van der Waals surface area contributed by atoms with Crippen LogP contribution >= 0.6 is 11.8 Å². The second-order valence-corrected chi connectivity index (χ2v) is 5.07. The van der Waals surface area contributed by atoms with Crippen molar-refractivity contribution >= 4 is 29.2 Å². The van der Waals surface area contributed by atoms with Crippen LogP contribution in [0.4, 0.5) is 16.2 Å². The fraction of sp³-hybridized carbons (Fsp3) is 0.462. The fourth-order valence-electron chi connectivity index (χ4n) is 1.43. The number of methoxy groups -OCH3 is 1. The number of carbonyl (C=O) groups is 1. The number of hydrogen-bond donors (Lipinski definition) is 2. The van der Waals surface area contributed by atoms with E-state index in [0.29, 0.717) is 0 Å². The topological polar surface area (TPSA) is 50.4 Å². The minimum absolute atomic E-state index is 0.452. The first-order valence-corrected chi connectivity index (χ1v) is 7.18. The third kappa shape index (κ3) is 5.82. The van der Waals surface area contributed by atoms with Crippen LogP contribution in [-0.4, -0.2) is 31.3 Å². The Bertz CT molecular complexity index is 372. The monoisotopic (exact) mass is 268 g/mol. The molecule has 1 rings (SSSR count). The molecule has 0 radical (unpaired) electrons. The molecule has 0 aliphatic carbocycles. The summed E-state index contributed by atoms with van der Waals surface area (Å²) in [4.78, 5) is 11.1. The quantitative estimate of drug-likeness (QED) is 0.744. The van der Waals surface area contributed by atoms with Crippen LogP contribution in [0.3, 0.4) is 0 Å². The highest BCUT2D eigenvalue weighted by Crippen LogP contribution is 2.15. The molecule has 4 nitrogen and oxygen atoms in total. The van der Waals surface area contributed by atoms with E-state index < -0.39 is 6.09 Å². The molecule has 0 bridgehead atoms. The predicted octanol–water partition coefficient (Wildman–Crippen LogP) is 3.42. The van der Waals surface area contributed by atoms with Crippen molar-refractivity contribution in [1.29, 1.82) is 0 Å². The highest BCUT2D eigenvalue weighted by Gasteiger charge is 2.00. The predicted molar refractivity (Wildman–Crippen MR) is 78.6 cm³/mol. The number of amides is 1. The van der Waals surface area contributed by atoms with Gasteiger partial charge in [0.15, 0.2) is 0 Å². The maximum atomic E-state index is 11.1. The van der Waals surface area contributed by atoms with Crippen molar-refractivity contribution in [2.24, 2.45) is 0 Å². The minimum Gasteiger partial charge on any atom is -0.453 e. The van der Waals surface area contributed by atoms with Crippen LogP contribution in [0.1, 0.15) is 13.3 Å². The van der Waals surface area contributed by atoms with Crippen molar-refractivity contribution in [3.05, 3.63) is 24.3 Å². The van der Waals surface area contributed by atoms with Gasteiger partial charge in [-0.2, -0.15) is 11.8 Å². The SMILES string of the molecule is CCSCCCNc1cccc(NC(=O)OC)c1. The molecule has 1 aromatic rings. The van der Waals surface area contributed by atoms with E-state index in [1.807, 2.05) is 36.0 Å². The van der Waals surface area contributed by atoms with Gasteiger partial charge in [-0.25, -0.2) is 4.79 Å². The van der Waals surface area contributed by atoms with E-state index in [9.17, 15) is 4.79 Å². The molecule has 0 aliphatic heterocycles. The zero-order chi connectivity index (χ0) is 13.2. The number of ether oxygens (including phenoxy) is 1. The second-order valence-electron chi connectivity index (χ2n) is 3.67. The Morgan fingerprint density at radius 2 is 2.17 bits per heavy atom. The normalized spacial score (nSPS) is 9.89. The summed E-state index contributed by atoms with van der Waals surface area (Å²) in [5.74, 6) is 2.34. The van der Waals surface area contributed by atoms with Gasteiger partial charge in [-0.3, -0.25) is 5.32 Å². The van der Waals surface area contributed by atoms with Gasteiger partial charge in [0.1, 0.15) is 0 Å². The zero-order valence-electron chi connectivity index (χ0n) is 10.9. The highest BCUT2D eigenvalue weighted by molar-refractivity contribution is 7.99. The highest BCUT2D eigenvalue weighted by atomic mass is 32.2. The Labute approximate surface area is 112 Å². The number of rotatable bonds is 7. The fourth-order valence-corrected chi connectivity index (χ4v) is 2.06. The van der Waals surface area contributed by atoms with Crippen LogP contribution in [0.25, 0.3) is 0 Å². The van der Waals surface area contributed by atoms with Crippen molar-refractivity contribution < 1.29 is 9.53 Å². The van der Waals surface area contributed by atoms with E-state index in [2.05, 4.69) is 22.3 Å². The third-order valence-electron chi connectivity index (χ3n) is 2.29. The minimum atomic E-state index is -0.452. The number of hydrogen-bond acceptors (Lipinski definition) is 4. The summed E-state index contributed by atoms with van der Waals surface area (Å²) in [5.41, 5.74) is 1.74. The van der Waals surface area contributed by atoms with Gasteiger partial charge < -0.3 is 10.1 Å². The summed E-state index contributed by atoms with van der Waals surface area (Å²) in [5, 5.41) is 5.97. The van der Waals surface area contributed by atoms with Gasteiger partial charge in [-0.15, -0.1) is 0 Å².